The molecule has 7 nitrogen and oxygen atoms in total. The van der Waals surface area contributed by atoms with Gasteiger partial charge in [-0.25, -0.2) is 4.98 Å². The number of fused-ring (bicyclic) bond motifs is 1. The molecule has 0 saturated carbocycles. The Bertz CT molecular complexity index is 915. The number of hydrogen-bond acceptors (Lipinski definition) is 6. The minimum atomic E-state index is -0.121. The lowest BCUT2D eigenvalue weighted by Gasteiger charge is -2.28. The zero-order valence-corrected chi connectivity index (χ0v) is 18.0. The van der Waals surface area contributed by atoms with Gasteiger partial charge in [0.1, 0.15) is 5.75 Å². The molecule has 156 valence electrons. The van der Waals surface area contributed by atoms with Crippen molar-refractivity contribution in [2.24, 2.45) is 0 Å². The molecular formula is C21H28N4O3S. The Labute approximate surface area is 175 Å². The third kappa shape index (κ3) is 5.61. The predicted octanol–water partition coefficient (Wildman–Crippen LogP) is 2.34. The molecule has 1 atom stereocenters. The van der Waals surface area contributed by atoms with E-state index in [4.69, 9.17) is 4.74 Å². The van der Waals surface area contributed by atoms with Gasteiger partial charge in [0.25, 0.3) is 5.56 Å². The van der Waals surface area contributed by atoms with E-state index in [2.05, 4.69) is 20.2 Å². The summed E-state index contributed by atoms with van der Waals surface area (Å²) in [6.45, 7) is 6.08. The van der Waals surface area contributed by atoms with E-state index in [0.717, 1.165) is 36.5 Å². The molecule has 0 spiro atoms. The predicted molar refractivity (Wildman–Crippen MR) is 114 cm³/mol. The number of para-hydroxylation sites is 1. The number of benzene rings is 1. The third-order valence-corrected chi connectivity index (χ3v) is 5.95. The van der Waals surface area contributed by atoms with E-state index in [0.29, 0.717) is 23.7 Å². The molecule has 29 heavy (non-hydrogen) atoms. The largest absolute Gasteiger partial charge is 0.496 e. The number of carbonyl (C=O) groups is 1. The zero-order chi connectivity index (χ0) is 20.8. The van der Waals surface area contributed by atoms with Crippen molar-refractivity contribution in [3.63, 3.8) is 0 Å². The summed E-state index contributed by atoms with van der Waals surface area (Å²) in [5, 5.41) is 3.42. The maximum atomic E-state index is 12.6. The summed E-state index contributed by atoms with van der Waals surface area (Å²) in [6.07, 6.45) is 1.59. The monoisotopic (exact) mass is 416 g/mol. The second-order valence-electron chi connectivity index (χ2n) is 7.23. The number of nitrogens with zero attached hydrogens (tertiary/aromatic N) is 2. The van der Waals surface area contributed by atoms with Crippen LogP contribution in [0.5, 0.6) is 5.75 Å². The van der Waals surface area contributed by atoms with Crippen LogP contribution in [0.15, 0.2) is 34.2 Å². The van der Waals surface area contributed by atoms with Crippen molar-refractivity contribution in [3.8, 4) is 5.75 Å². The van der Waals surface area contributed by atoms with Gasteiger partial charge in [-0.3, -0.25) is 14.5 Å². The number of H-pyrrole nitrogens is 1. The molecule has 0 radical (unpaired) electrons. The van der Waals surface area contributed by atoms with Gasteiger partial charge in [0.15, 0.2) is 5.16 Å². The number of aromatic amines is 1. The van der Waals surface area contributed by atoms with Crippen LogP contribution in [0, 0.1) is 0 Å². The summed E-state index contributed by atoms with van der Waals surface area (Å²) < 4.78 is 5.43. The first-order valence-electron chi connectivity index (χ1n) is 9.88. The summed E-state index contributed by atoms with van der Waals surface area (Å²) in [5.41, 5.74) is 2.52. The zero-order valence-electron chi connectivity index (χ0n) is 17.2. The van der Waals surface area contributed by atoms with Crippen molar-refractivity contribution >= 4 is 17.7 Å². The molecule has 0 saturated heterocycles. The van der Waals surface area contributed by atoms with Crippen LogP contribution in [-0.4, -0.2) is 46.2 Å². The smallest absolute Gasteiger partial charge is 0.256 e. The Kier molecular flexibility index (Phi) is 7.33. The second kappa shape index (κ2) is 9.93. The highest BCUT2D eigenvalue weighted by Crippen LogP contribution is 2.23. The molecule has 0 unspecified atom stereocenters. The van der Waals surface area contributed by atoms with E-state index in [-0.39, 0.29) is 23.3 Å². The van der Waals surface area contributed by atoms with Crippen molar-refractivity contribution in [2.75, 3.05) is 19.4 Å². The molecule has 0 bridgehead atoms. The van der Waals surface area contributed by atoms with E-state index >= 15 is 0 Å². The van der Waals surface area contributed by atoms with Gasteiger partial charge in [-0.15, -0.1) is 0 Å². The van der Waals surface area contributed by atoms with Crippen LogP contribution < -0.4 is 15.6 Å². The number of ether oxygens (including phenoxy) is 1. The fourth-order valence-electron chi connectivity index (χ4n) is 3.29. The van der Waals surface area contributed by atoms with Gasteiger partial charge < -0.3 is 15.0 Å². The van der Waals surface area contributed by atoms with Gasteiger partial charge >= 0.3 is 0 Å². The molecule has 8 heteroatoms. The number of amides is 1. The van der Waals surface area contributed by atoms with Crippen molar-refractivity contribution < 1.29 is 9.53 Å². The van der Waals surface area contributed by atoms with Crippen molar-refractivity contribution in [3.05, 3.63) is 51.4 Å². The van der Waals surface area contributed by atoms with Crippen LogP contribution in [-0.2, 0) is 24.3 Å². The molecule has 1 aromatic carbocycles. The SMILES string of the molecule is CC[C@H](C)NC(=O)CSc1nc2c(c(=O)[nH]1)CN(Cc1ccccc1OC)CC2. The summed E-state index contributed by atoms with van der Waals surface area (Å²) >= 11 is 1.27. The minimum absolute atomic E-state index is 0.0484. The number of carbonyl (C=O) groups excluding carboxylic acids is 1. The van der Waals surface area contributed by atoms with Crippen LogP contribution in [0.25, 0.3) is 0 Å². The molecule has 3 rings (SSSR count). The van der Waals surface area contributed by atoms with Gasteiger partial charge in [-0.05, 0) is 19.4 Å². The number of thioether (sulfide) groups is 1. The molecule has 0 fully saturated rings. The summed E-state index contributed by atoms with van der Waals surface area (Å²) in [5.74, 6) is 1.05. The maximum Gasteiger partial charge on any atom is 0.256 e. The summed E-state index contributed by atoms with van der Waals surface area (Å²) in [4.78, 5) is 34.2. The molecule has 2 N–H and O–H groups in total. The minimum Gasteiger partial charge on any atom is -0.496 e. The number of methoxy groups -OCH3 is 1. The molecule has 1 aliphatic rings. The van der Waals surface area contributed by atoms with Gasteiger partial charge in [-0.1, -0.05) is 36.9 Å². The molecule has 2 aromatic rings. The molecular weight excluding hydrogens is 388 g/mol. The van der Waals surface area contributed by atoms with Crippen LogP contribution >= 0.6 is 11.8 Å². The van der Waals surface area contributed by atoms with Crippen molar-refractivity contribution in [2.45, 2.75) is 51.0 Å². The topological polar surface area (TPSA) is 87.3 Å². The van der Waals surface area contributed by atoms with Crippen LogP contribution in [0.3, 0.4) is 0 Å². The fourth-order valence-corrected chi connectivity index (χ4v) is 3.98. The number of nitrogens with one attached hydrogen (secondary N) is 2. The number of rotatable bonds is 8. The fraction of sp³-hybridized carbons (Fsp3) is 0.476. The molecule has 1 amide bonds. The first-order chi connectivity index (χ1) is 14.0. The Morgan fingerprint density at radius 2 is 2.21 bits per heavy atom. The van der Waals surface area contributed by atoms with Crippen LogP contribution in [0.1, 0.15) is 37.1 Å². The molecule has 1 aromatic heterocycles. The quantitative estimate of drug-likeness (QED) is 0.507. The van der Waals surface area contributed by atoms with Crippen LogP contribution in [0.2, 0.25) is 0 Å². The molecule has 0 aliphatic carbocycles. The van der Waals surface area contributed by atoms with Crippen molar-refractivity contribution in [1.82, 2.24) is 20.2 Å². The van der Waals surface area contributed by atoms with E-state index < -0.39 is 0 Å². The van der Waals surface area contributed by atoms with Gasteiger partial charge in [-0.2, -0.15) is 0 Å². The highest BCUT2D eigenvalue weighted by atomic mass is 32.2. The average Bonchev–Trinajstić information content (AvgIpc) is 2.73. The van der Waals surface area contributed by atoms with Gasteiger partial charge in [0, 0.05) is 37.7 Å². The summed E-state index contributed by atoms with van der Waals surface area (Å²) in [6, 6.07) is 8.08. The normalized spacial score (nSPS) is 14.9. The Morgan fingerprint density at radius 1 is 1.41 bits per heavy atom. The third-order valence-electron chi connectivity index (χ3n) is 5.07. The first kappa shape index (κ1) is 21.4. The number of aromatic nitrogens is 2. The number of hydrogen-bond donors (Lipinski definition) is 2. The van der Waals surface area contributed by atoms with Crippen LogP contribution in [0.4, 0.5) is 0 Å². The lowest BCUT2D eigenvalue weighted by atomic mass is 10.1. The second-order valence-corrected chi connectivity index (χ2v) is 8.20. The maximum absolute atomic E-state index is 12.6. The average molecular weight is 417 g/mol. The lowest BCUT2D eigenvalue weighted by Crippen LogP contribution is -2.36. The highest BCUT2D eigenvalue weighted by Gasteiger charge is 2.22. The summed E-state index contributed by atoms with van der Waals surface area (Å²) in [7, 11) is 1.67. The van der Waals surface area contributed by atoms with Gasteiger partial charge in [0.05, 0.1) is 24.1 Å². The van der Waals surface area contributed by atoms with E-state index in [1.807, 2.05) is 38.1 Å². The van der Waals surface area contributed by atoms with E-state index in [9.17, 15) is 9.59 Å². The Balaban J connectivity index is 1.64. The first-order valence-corrected chi connectivity index (χ1v) is 10.9. The molecule has 1 aliphatic heterocycles. The molecule has 2 heterocycles. The van der Waals surface area contributed by atoms with E-state index in [1.165, 1.54) is 11.8 Å². The van der Waals surface area contributed by atoms with E-state index in [1.54, 1.807) is 7.11 Å². The van der Waals surface area contributed by atoms with Gasteiger partial charge in [0.2, 0.25) is 5.91 Å². The van der Waals surface area contributed by atoms with Crippen molar-refractivity contribution in [1.29, 1.82) is 0 Å². The Hall–Kier alpha value is -2.32. The lowest BCUT2D eigenvalue weighted by molar-refractivity contribution is -0.119. The highest BCUT2D eigenvalue weighted by molar-refractivity contribution is 7.99. The Morgan fingerprint density at radius 3 is 2.97 bits per heavy atom. The standard InChI is InChI=1S/C21H28N4O3S/c1-4-14(2)22-19(26)13-29-21-23-17-9-10-25(12-16(17)20(27)24-21)11-15-7-5-6-8-18(15)28-3/h5-8,14H,4,9-13H2,1-3H3,(H,22,26)(H,23,24,27)/t14-/m0/s1.